The standard InChI is InChI=1S/C17H28N4/c1-12(2)17-19-15(18-3)11-16(20-17)21-10-6-8-13-7-4-5-9-14(13)21/h11-14H,4-10H2,1-3H3,(H,18,19,20). The summed E-state index contributed by atoms with van der Waals surface area (Å²) in [7, 11) is 1.94. The average molecular weight is 288 g/mol. The van der Waals surface area contributed by atoms with E-state index in [9.17, 15) is 0 Å². The lowest BCUT2D eigenvalue weighted by molar-refractivity contribution is 0.242. The van der Waals surface area contributed by atoms with E-state index in [-0.39, 0.29) is 0 Å². The Labute approximate surface area is 128 Å². The highest BCUT2D eigenvalue weighted by molar-refractivity contribution is 5.50. The number of nitrogens with one attached hydrogen (secondary N) is 1. The van der Waals surface area contributed by atoms with Crippen molar-refractivity contribution in [1.29, 1.82) is 0 Å². The highest BCUT2D eigenvalue weighted by atomic mass is 15.2. The van der Waals surface area contributed by atoms with Crippen molar-refractivity contribution in [3.63, 3.8) is 0 Å². The van der Waals surface area contributed by atoms with E-state index in [4.69, 9.17) is 4.98 Å². The minimum Gasteiger partial charge on any atom is -0.373 e. The first-order chi connectivity index (χ1) is 10.2. The molecule has 2 aliphatic rings. The summed E-state index contributed by atoms with van der Waals surface area (Å²) < 4.78 is 0. The lowest BCUT2D eigenvalue weighted by Gasteiger charge is -2.45. The number of hydrogen-bond acceptors (Lipinski definition) is 4. The van der Waals surface area contributed by atoms with Crippen LogP contribution in [-0.2, 0) is 0 Å². The van der Waals surface area contributed by atoms with Crippen molar-refractivity contribution in [1.82, 2.24) is 9.97 Å². The summed E-state index contributed by atoms with van der Waals surface area (Å²) in [6.07, 6.45) is 8.23. The topological polar surface area (TPSA) is 41.0 Å². The zero-order chi connectivity index (χ0) is 14.8. The van der Waals surface area contributed by atoms with Crippen molar-refractivity contribution in [2.24, 2.45) is 5.92 Å². The lowest BCUT2D eigenvalue weighted by atomic mass is 9.78. The molecule has 1 N–H and O–H groups in total. The fourth-order valence-corrected chi connectivity index (χ4v) is 3.90. The van der Waals surface area contributed by atoms with Crippen molar-refractivity contribution in [2.75, 3.05) is 23.8 Å². The van der Waals surface area contributed by atoms with Gasteiger partial charge in [0.2, 0.25) is 0 Å². The summed E-state index contributed by atoms with van der Waals surface area (Å²) in [5.74, 6) is 4.28. The van der Waals surface area contributed by atoms with Gasteiger partial charge in [0.05, 0.1) is 0 Å². The number of rotatable bonds is 3. The van der Waals surface area contributed by atoms with Crippen molar-refractivity contribution >= 4 is 11.6 Å². The molecule has 1 aliphatic carbocycles. The van der Waals surface area contributed by atoms with E-state index in [1.807, 2.05) is 7.05 Å². The molecule has 2 unspecified atom stereocenters. The molecule has 3 rings (SSSR count). The monoisotopic (exact) mass is 288 g/mol. The maximum atomic E-state index is 4.87. The molecule has 21 heavy (non-hydrogen) atoms. The van der Waals surface area contributed by atoms with E-state index < -0.39 is 0 Å². The van der Waals surface area contributed by atoms with E-state index in [0.717, 1.165) is 29.9 Å². The third kappa shape index (κ3) is 2.99. The third-order valence-electron chi connectivity index (χ3n) is 5.04. The first-order valence-electron chi connectivity index (χ1n) is 8.52. The Hall–Kier alpha value is -1.32. The molecule has 2 fully saturated rings. The van der Waals surface area contributed by atoms with Gasteiger partial charge < -0.3 is 10.2 Å². The summed E-state index contributed by atoms with van der Waals surface area (Å²) in [6.45, 7) is 5.48. The minimum atomic E-state index is 0.365. The van der Waals surface area contributed by atoms with Gasteiger partial charge >= 0.3 is 0 Å². The van der Waals surface area contributed by atoms with Crippen LogP contribution in [0, 0.1) is 5.92 Å². The fourth-order valence-electron chi connectivity index (χ4n) is 3.90. The predicted molar refractivity (Wildman–Crippen MR) is 88.0 cm³/mol. The Balaban J connectivity index is 1.92. The molecule has 0 spiro atoms. The van der Waals surface area contributed by atoms with Crippen LogP contribution in [0.1, 0.15) is 64.1 Å². The van der Waals surface area contributed by atoms with E-state index in [0.29, 0.717) is 12.0 Å². The molecule has 0 aromatic carbocycles. The van der Waals surface area contributed by atoms with Gasteiger partial charge in [0.25, 0.3) is 0 Å². The molecule has 1 saturated heterocycles. The molecule has 4 nitrogen and oxygen atoms in total. The first-order valence-corrected chi connectivity index (χ1v) is 8.52. The Kier molecular flexibility index (Phi) is 4.32. The van der Waals surface area contributed by atoms with Gasteiger partial charge in [0, 0.05) is 31.6 Å². The van der Waals surface area contributed by atoms with Gasteiger partial charge in [-0.1, -0.05) is 26.7 Å². The van der Waals surface area contributed by atoms with Crippen LogP contribution >= 0.6 is 0 Å². The molecular weight excluding hydrogens is 260 g/mol. The van der Waals surface area contributed by atoms with Crippen LogP contribution in [0.4, 0.5) is 11.6 Å². The molecule has 2 heterocycles. The number of piperidine rings is 1. The number of fused-ring (bicyclic) bond motifs is 1. The van der Waals surface area contributed by atoms with Crippen molar-refractivity contribution in [2.45, 2.75) is 64.3 Å². The first kappa shape index (κ1) is 14.6. The number of hydrogen-bond donors (Lipinski definition) is 1. The highest BCUT2D eigenvalue weighted by Gasteiger charge is 2.34. The maximum absolute atomic E-state index is 4.87. The molecule has 1 aromatic rings. The van der Waals surface area contributed by atoms with Gasteiger partial charge in [0.1, 0.15) is 17.5 Å². The Morgan fingerprint density at radius 3 is 2.67 bits per heavy atom. The van der Waals surface area contributed by atoms with Crippen molar-refractivity contribution < 1.29 is 0 Å². The van der Waals surface area contributed by atoms with Crippen LogP contribution in [0.2, 0.25) is 0 Å². The molecule has 1 aromatic heterocycles. The SMILES string of the molecule is CNc1cc(N2CCCC3CCCCC32)nc(C(C)C)n1. The summed E-state index contributed by atoms with van der Waals surface area (Å²) in [5, 5.41) is 3.20. The van der Waals surface area contributed by atoms with Crippen molar-refractivity contribution in [3.05, 3.63) is 11.9 Å². The summed E-state index contributed by atoms with van der Waals surface area (Å²) in [4.78, 5) is 12.0. The van der Waals surface area contributed by atoms with Gasteiger partial charge in [-0.05, 0) is 31.6 Å². The molecule has 0 amide bonds. The zero-order valence-corrected chi connectivity index (χ0v) is 13.6. The Morgan fingerprint density at radius 1 is 1.14 bits per heavy atom. The van der Waals surface area contributed by atoms with Crippen LogP contribution in [0.25, 0.3) is 0 Å². The second-order valence-corrected chi connectivity index (χ2v) is 6.82. The van der Waals surface area contributed by atoms with Crippen LogP contribution in [0.15, 0.2) is 6.07 Å². The minimum absolute atomic E-state index is 0.365. The second kappa shape index (κ2) is 6.20. The largest absolute Gasteiger partial charge is 0.373 e. The van der Waals surface area contributed by atoms with Gasteiger partial charge in [-0.25, -0.2) is 9.97 Å². The molecule has 2 atom stereocenters. The van der Waals surface area contributed by atoms with Crippen LogP contribution in [0.3, 0.4) is 0 Å². The summed E-state index contributed by atoms with van der Waals surface area (Å²) >= 11 is 0. The normalized spacial score (nSPS) is 25.8. The molecule has 0 bridgehead atoms. The number of aromatic nitrogens is 2. The molecule has 1 aliphatic heterocycles. The van der Waals surface area contributed by atoms with Gasteiger partial charge in [-0.3, -0.25) is 0 Å². The van der Waals surface area contributed by atoms with E-state index >= 15 is 0 Å². The molecule has 0 radical (unpaired) electrons. The van der Waals surface area contributed by atoms with Crippen LogP contribution in [-0.4, -0.2) is 29.6 Å². The summed E-state index contributed by atoms with van der Waals surface area (Å²) in [5.41, 5.74) is 0. The van der Waals surface area contributed by atoms with Gasteiger partial charge in [0.15, 0.2) is 0 Å². The summed E-state index contributed by atoms with van der Waals surface area (Å²) in [6, 6.07) is 2.83. The number of nitrogens with zero attached hydrogens (tertiary/aromatic N) is 3. The zero-order valence-electron chi connectivity index (χ0n) is 13.6. The molecule has 4 heteroatoms. The lowest BCUT2D eigenvalue weighted by Crippen LogP contribution is -2.47. The molecule has 116 valence electrons. The van der Waals surface area contributed by atoms with Gasteiger partial charge in [-0.2, -0.15) is 0 Å². The van der Waals surface area contributed by atoms with E-state index in [1.54, 1.807) is 0 Å². The van der Waals surface area contributed by atoms with Crippen molar-refractivity contribution in [3.8, 4) is 0 Å². The van der Waals surface area contributed by atoms with Crippen LogP contribution in [0.5, 0.6) is 0 Å². The number of anilines is 2. The molecular formula is C17H28N4. The van der Waals surface area contributed by atoms with Crippen LogP contribution < -0.4 is 10.2 Å². The van der Waals surface area contributed by atoms with E-state index in [1.165, 1.54) is 38.5 Å². The third-order valence-corrected chi connectivity index (χ3v) is 5.04. The molecule has 1 saturated carbocycles. The maximum Gasteiger partial charge on any atom is 0.135 e. The quantitative estimate of drug-likeness (QED) is 0.918. The average Bonchev–Trinajstić information content (AvgIpc) is 2.53. The second-order valence-electron chi connectivity index (χ2n) is 6.82. The Morgan fingerprint density at radius 2 is 1.90 bits per heavy atom. The highest BCUT2D eigenvalue weighted by Crippen LogP contribution is 2.37. The van der Waals surface area contributed by atoms with Gasteiger partial charge in [-0.15, -0.1) is 0 Å². The van der Waals surface area contributed by atoms with E-state index in [2.05, 4.69) is 35.1 Å². The predicted octanol–water partition coefficient (Wildman–Crippen LogP) is 3.80. The fraction of sp³-hybridized carbons (Fsp3) is 0.765. The smallest absolute Gasteiger partial charge is 0.135 e. The Bertz CT molecular complexity index is 484.